The van der Waals surface area contributed by atoms with Crippen molar-refractivity contribution in [1.29, 1.82) is 0 Å². The highest BCUT2D eigenvalue weighted by Gasteiger charge is 2.20. The molecule has 23 heavy (non-hydrogen) atoms. The smallest absolute Gasteiger partial charge is 0.273 e. The summed E-state index contributed by atoms with van der Waals surface area (Å²) in [5.74, 6) is 1.19. The first-order valence-electron chi connectivity index (χ1n) is 7.94. The third-order valence-corrected chi connectivity index (χ3v) is 4.14. The monoisotopic (exact) mass is 314 g/mol. The molecule has 0 bridgehead atoms. The lowest BCUT2D eigenvalue weighted by Crippen LogP contribution is -2.39. The molecule has 1 fully saturated rings. The van der Waals surface area contributed by atoms with Gasteiger partial charge in [-0.05, 0) is 50.4 Å². The Morgan fingerprint density at radius 3 is 3.09 bits per heavy atom. The van der Waals surface area contributed by atoms with Gasteiger partial charge in [0, 0.05) is 19.3 Å². The van der Waals surface area contributed by atoms with Crippen LogP contribution in [0.15, 0.2) is 17.1 Å². The summed E-state index contributed by atoms with van der Waals surface area (Å²) < 4.78 is 0. The number of piperidine rings is 1. The average Bonchev–Trinajstić information content (AvgIpc) is 2.95. The molecule has 1 aliphatic rings. The summed E-state index contributed by atoms with van der Waals surface area (Å²) in [5.41, 5.74) is 7.04. The second-order valence-electron chi connectivity index (χ2n) is 5.81. The number of nitrogens with two attached hydrogens (primary N) is 1. The van der Waals surface area contributed by atoms with Crippen LogP contribution in [0.25, 0.3) is 12.2 Å². The minimum atomic E-state index is -0.153. The van der Waals surface area contributed by atoms with Gasteiger partial charge in [0.25, 0.3) is 5.56 Å². The van der Waals surface area contributed by atoms with Gasteiger partial charge >= 0.3 is 0 Å². The first-order chi connectivity index (χ1) is 11.2. The maximum Gasteiger partial charge on any atom is 0.273 e. The Morgan fingerprint density at radius 1 is 1.48 bits per heavy atom. The molecule has 2 aromatic rings. The normalized spacial score (nSPS) is 20.3. The predicted octanol–water partition coefficient (Wildman–Crippen LogP) is -0.703. The van der Waals surface area contributed by atoms with Gasteiger partial charge in [0.1, 0.15) is 10.8 Å². The van der Waals surface area contributed by atoms with Gasteiger partial charge in [-0.3, -0.25) is 4.79 Å². The van der Waals surface area contributed by atoms with Crippen LogP contribution in [0.2, 0.25) is 0 Å². The van der Waals surface area contributed by atoms with Crippen molar-refractivity contribution in [2.45, 2.75) is 19.8 Å². The fourth-order valence-corrected chi connectivity index (χ4v) is 2.85. The highest BCUT2D eigenvalue weighted by atomic mass is 16.1. The second-order valence-corrected chi connectivity index (χ2v) is 5.81. The highest BCUT2D eigenvalue weighted by Crippen LogP contribution is 2.19. The van der Waals surface area contributed by atoms with Crippen LogP contribution in [0.3, 0.4) is 0 Å². The topological polar surface area (TPSA) is 104 Å². The van der Waals surface area contributed by atoms with Gasteiger partial charge < -0.3 is 20.6 Å². The number of H-pyrrole nitrogens is 2. The second kappa shape index (κ2) is 6.78. The fourth-order valence-electron chi connectivity index (χ4n) is 2.85. The number of hydrogen-bond donors (Lipinski definition) is 3. The fraction of sp³-hybridized carbons (Fsp3) is 0.438. The van der Waals surface area contributed by atoms with E-state index in [4.69, 9.17) is 5.73 Å². The van der Waals surface area contributed by atoms with Gasteiger partial charge in [0.05, 0.1) is 5.69 Å². The summed E-state index contributed by atoms with van der Waals surface area (Å²) in [6, 6.07) is 1.80. The van der Waals surface area contributed by atoms with Gasteiger partial charge in [-0.15, -0.1) is 0 Å². The minimum Gasteiger partial charge on any atom is -0.340 e. The summed E-state index contributed by atoms with van der Waals surface area (Å²) in [5, 5.41) is 0.487. The molecule has 1 unspecified atom stereocenters. The Bertz CT molecular complexity index is 837. The van der Waals surface area contributed by atoms with Crippen LogP contribution in [0.5, 0.6) is 0 Å². The van der Waals surface area contributed by atoms with E-state index in [1.807, 2.05) is 13.0 Å². The van der Waals surface area contributed by atoms with Gasteiger partial charge in [0.15, 0.2) is 0 Å². The third kappa shape index (κ3) is 3.50. The standard InChI is InChI=1S/C16H22N6O/c1-2-14-20-13(15(23)21-14)8-12-5-6-18-16(19-12)22-7-3-4-11(9-17)10-22/h2,5-6,8,11,20H,3-4,7,9-10,17H2,1H3,(H,21,23). The van der Waals surface area contributed by atoms with Gasteiger partial charge in [-0.2, -0.15) is 0 Å². The number of aromatic nitrogens is 4. The zero-order valence-electron chi connectivity index (χ0n) is 13.2. The predicted molar refractivity (Wildman–Crippen MR) is 90.4 cm³/mol. The highest BCUT2D eigenvalue weighted by molar-refractivity contribution is 5.46. The molecule has 7 nitrogen and oxygen atoms in total. The maximum absolute atomic E-state index is 11.9. The molecule has 4 N–H and O–H groups in total. The molecule has 1 saturated heterocycles. The van der Waals surface area contributed by atoms with E-state index in [9.17, 15) is 4.79 Å². The van der Waals surface area contributed by atoms with Crippen LogP contribution in [-0.4, -0.2) is 39.6 Å². The SMILES string of the molecule is CC=c1[nH]c(=O)c(=Cc2ccnc(N3CCCC(CN)C3)n2)[nH]1. The third-order valence-electron chi connectivity index (χ3n) is 4.14. The Balaban J connectivity index is 1.91. The molecule has 3 heterocycles. The molecule has 0 aliphatic carbocycles. The van der Waals surface area contributed by atoms with Crippen LogP contribution in [0.4, 0.5) is 5.95 Å². The molecule has 3 rings (SSSR count). The van der Waals surface area contributed by atoms with Crippen LogP contribution >= 0.6 is 0 Å². The van der Waals surface area contributed by atoms with Gasteiger partial charge in [0.2, 0.25) is 5.95 Å². The summed E-state index contributed by atoms with van der Waals surface area (Å²) in [7, 11) is 0. The van der Waals surface area contributed by atoms with Crippen molar-refractivity contribution in [1.82, 2.24) is 19.9 Å². The van der Waals surface area contributed by atoms with Gasteiger partial charge in [-0.1, -0.05) is 0 Å². The van der Waals surface area contributed by atoms with E-state index in [2.05, 4.69) is 24.8 Å². The van der Waals surface area contributed by atoms with E-state index >= 15 is 0 Å². The number of anilines is 1. The van der Waals surface area contributed by atoms with Crippen molar-refractivity contribution >= 4 is 18.1 Å². The molecular formula is C16H22N6O. The van der Waals surface area contributed by atoms with Crippen molar-refractivity contribution in [3.63, 3.8) is 0 Å². The molecule has 0 amide bonds. The summed E-state index contributed by atoms with van der Waals surface area (Å²) >= 11 is 0. The molecular weight excluding hydrogens is 292 g/mol. The average molecular weight is 314 g/mol. The molecule has 0 aromatic carbocycles. The van der Waals surface area contributed by atoms with E-state index in [1.54, 1.807) is 18.3 Å². The van der Waals surface area contributed by atoms with E-state index in [-0.39, 0.29) is 5.56 Å². The Hall–Kier alpha value is -2.41. The van der Waals surface area contributed by atoms with Crippen molar-refractivity contribution < 1.29 is 0 Å². The lowest BCUT2D eigenvalue weighted by atomic mass is 9.99. The Labute approximate surface area is 134 Å². The van der Waals surface area contributed by atoms with Crippen LogP contribution < -0.4 is 27.0 Å². The number of hydrogen-bond acceptors (Lipinski definition) is 5. The lowest BCUT2D eigenvalue weighted by molar-refractivity contribution is 0.419. The van der Waals surface area contributed by atoms with E-state index < -0.39 is 0 Å². The maximum atomic E-state index is 11.9. The molecule has 2 aromatic heterocycles. The van der Waals surface area contributed by atoms with Crippen molar-refractivity contribution in [3.8, 4) is 0 Å². The molecule has 1 aliphatic heterocycles. The largest absolute Gasteiger partial charge is 0.340 e. The zero-order chi connectivity index (χ0) is 16.2. The molecule has 1 atom stereocenters. The number of nitrogens with zero attached hydrogens (tertiary/aromatic N) is 3. The molecule has 0 spiro atoms. The first kappa shape index (κ1) is 15.5. The number of imidazole rings is 1. The summed E-state index contributed by atoms with van der Waals surface area (Å²) in [4.78, 5) is 28.7. The molecule has 122 valence electrons. The van der Waals surface area contributed by atoms with Crippen LogP contribution in [-0.2, 0) is 0 Å². The van der Waals surface area contributed by atoms with Crippen molar-refractivity contribution in [2.24, 2.45) is 11.7 Å². The number of rotatable bonds is 3. The summed E-state index contributed by atoms with van der Waals surface area (Å²) in [6.45, 7) is 4.38. The molecule has 0 radical (unpaired) electrons. The Morgan fingerprint density at radius 2 is 2.35 bits per heavy atom. The molecule has 0 saturated carbocycles. The van der Waals surface area contributed by atoms with Crippen LogP contribution in [0.1, 0.15) is 25.5 Å². The van der Waals surface area contributed by atoms with Crippen molar-refractivity contribution in [3.05, 3.63) is 39.1 Å². The van der Waals surface area contributed by atoms with Crippen LogP contribution in [0, 0.1) is 5.92 Å². The minimum absolute atomic E-state index is 0.153. The first-order valence-corrected chi connectivity index (χ1v) is 7.94. The zero-order valence-corrected chi connectivity index (χ0v) is 13.2. The van der Waals surface area contributed by atoms with E-state index in [1.165, 1.54) is 0 Å². The van der Waals surface area contributed by atoms with E-state index in [0.29, 0.717) is 34.9 Å². The number of aromatic amines is 2. The lowest BCUT2D eigenvalue weighted by Gasteiger charge is -2.32. The molecule has 7 heteroatoms. The quantitative estimate of drug-likeness (QED) is 0.695. The van der Waals surface area contributed by atoms with Crippen molar-refractivity contribution in [2.75, 3.05) is 24.5 Å². The number of nitrogens with one attached hydrogen (secondary N) is 2. The van der Waals surface area contributed by atoms with E-state index in [0.717, 1.165) is 25.9 Å². The summed E-state index contributed by atoms with van der Waals surface area (Å²) in [6.07, 6.45) is 7.54. The van der Waals surface area contributed by atoms with Gasteiger partial charge in [-0.25, -0.2) is 9.97 Å². The Kier molecular flexibility index (Phi) is 4.57.